The lowest BCUT2D eigenvalue weighted by Crippen LogP contribution is -2.47. The highest BCUT2D eigenvalue weighted by molar-refractivity contribution is 5.64. The standard InChI is InChI=1S/C9H17N3/c1-7(2)12-4-3-9-8(6-12)5-10-11-9/h5,7-9,11H,3-4,6H2,1-2H3. The summed E-state index contributed by atoms with van der Waals surface area (Å²) in [6.45, 7) is 6.92. The molecule has 2 heterocycles. The van der Waals surface area contributed by atoms with Crippen molar-refractivity contribution in [3.8, 4) is 0 Å². The molecular formula is C9H17N3. The Labute approximate surface area is 73.8 Å². The zero-order valence-corrected chi connectivity index (χ0v) is 7.83. The second kappa shape index (κ2) is 3.05. The summed E-state index contributed by atoms with van der Waals surface area (Å²) in [5, 5.41) is 4.12. The lowest BCUT2D eigenvalue weighted by Gasteiger charge is -2.36. The van der Waals surface area contributed by atoms with Crippen molar-refractivity contribution in [3.05, 3.63) is 0 Å². The predicted octanol–water partition coefficient (Wildman–Crippen LogP) is 0.674. The molecule has 1 saturated heterocycles. The zero-order valence-electron chi connectivity index (χ0n) is 7.83. The third-order valence-corrected chi connectivity index (χ3v) is 2.93. The van der Waals surface area contributed by atoms with Crippen LogP contribution in [0.3, 0.4) is 0 Å². The van der Waals surface area contributed by atoms with Crippen molar-refractivity contribution in [1.82, 2.24) is 10.3 Å². The van der Waals surface area contributed by atoms with Gasteiger partial charge in [0.1, 0.15) is 0 Å². The van der Waals surface area contributed by atoms with Gasteiger partial charge in [-0.25, -0.2) is 0 Å². The van der Waals surface area contributed by atoms with Gasteiger partial charge in [-0.15, -0.1) is 0 Å². The van der Waals surface area contributed by atoms with Crippen LogP contribution < -0.4 is 5.43 Å². The highest BCUT2D eigenvalue weighted by atomic mass is 15.3. The van der Waals surface area contributed by atoms with Crippen LogP contribution in [-0.4, -0.2) is 36.3 Å². The molecule has 2 unspecified atom stereocenters. The summed E-state index contributed by atoms with van der Waals surface area (Å²) in [5.41, 5.74) is 3.16. The van der Waals surface area contributed by atoms with Crippen molar-refractivity contribution >= 4 is 6.21 Å². The van der Waals surface area contributed by atoms with Crippen LogP contribution in [0.15, 0.2) is 5.10 Å². The van der Waals surface area contributed by atoms with Gasteiger partial charge in [-0.3, -0.25) is 0 Å². The Balaban J connectivity index is 1.96. The molecule has 3 nitrogen and oxygen atoms in total. The SMILES string of the molecule is CC(C)N1CCC2NN=CC2C1. The Bertz CT molecular complexity index is 188. The Hall–Kier alpha value is -0.570. The molecule has 2 atom stereocenters. The number of hydrogen-bond donors (Lipinski definition) is 1. The molecule has 0 aliphatic carbocycles. The van der Waals surface area contributed by atoms with E-state index in [1.807, 2.05) is 0 Å². The largest absolute Gasteiger partial charge is 0.307 e. The molecule has 12 heavy (non-hydrogen) atoms. The van der Waals surface area contributed by atoms with E-state index in [1.165, 1.54) is 19.5 Å². The number of rotatable bonds is 1. The number of nitrogens with zero attached hydrogens (tertiary/aromatic N) is 2. The summed E-state index contributed by atoms with van der Waals surface area (Å²) in [6, 6.07) is 1.31. The van der Waals surface area contributed by atoms with E-state index in [0.717, 1.165) is 0 Å². The molecule has 2 aliphatic rings. The Morgan fingerprint density at radius 1 is 1.58 bits per heavy atom. The van der Waals surface area contributed by atoms with Gasteiger partial charge in [0.05, 0.1) is 6.04 Å². The van der Waals surface area contributed by atoms with Crippen molar-refractivity contribution in [2.24, 2.45) is 11.0 Å². The number of piperidine rings is 1. The molecule has 3 heteroatoms. The molecule has 0 aromatic heterocycles. The van der Waals surface area contributed by atoms with E-state index >= 15 is 0 Å². The number of hydrogen-bond acceptors (Lipinski definition) is 3. The summed E-state index contributed by atoms with van der Waals surface area (Å²) in [5.74, 6) is 0.654. The molecule has 0 amide bonds. The van der Waals surface area contributed by atoms with E-state index < -0.39 is 0 Å². The van der Waals surface area contributed by atoms with Crippen molar-refractivity contribution in [2.75, 3.05) is 13.1 Å². The molecule has 68 valence electrons. The van der Waals surface area contributed by atoms with Crippen LogP contribution in [-0.2, 0) is 0 Å². The van der Waals surface area contributed by atoms with Crippen LogP contribution in [0.1, 0.15) is 20.3 Å². The van der Waals surface area contributed by atoms with Crippen molar-refractivity contribution in [2.45, 2.75) is 32.4 Å². The molecule has 1 fully saturated rings. The maximum Gasteiger partial charge on any atom is 0.0542 e. The minimum absolute atomic E-state index is 0.625. The van der Waals surface area contributed by atoms with Gasteiger partial charge in [-0.2, -0.15) is 5.10 Å². The molecule has 2 rings (SSSR count). The third kappa shape index (κ3) is 1.33. The Morgan fingerprint density at radius 2 is 2.42 bits per heavy atom. The fourth-order valence-corrected chi connectivity index (χ4v) is 2.02. The molecule has 0 radical (unpaired) electrons. The van der Waals surface area contributed by atoms with Gasteiger partial charge in [-0.1, -0.05) is 0 Å². The molecule has 0 bridgehead atoms. The first-order valence-corrected chi connectivity index (χ1v) is 4.80. The van der Waals surface area contributed by atoms with E-state index in [-0.39, 0.29) is 0 Å². The van der Waals surface area contributed by atoms with Crippen molar-refractivity contribution < 1.29 is 0 Å². The predicted molar refractivity (Wildman–Crippen MR) is 50.2 cm³/mol. The van der Waals surface area contributed by atoms with Crippen LogP contribution in [0.2, 0.25) is 0 Å². The smallest absolute Gasteiger partial charge is 0.0542 e. The van der Waals surface area contributed by atoms with Crippen LogP contribution in [0, 0.1) is 5.92 Å². The van der Waals surface area contributed by atoms with Gasteiger partial charge in [-0.05, 0) is 20.3 Å². The first-order chi connectivity index (χ1) is 5.77. The lowest BCUT2D eigenvalue weighted by atomic mass is 9.94. The maximum atomic E-state index is 4.12. The fourth-order valence-electron chi connectivity index (χ4n) is 2.02. The van der Waals surface area contributed by atoms with Crippen LogP contribution >= 0.6 is 0 Å². The average molecular weight is 167 g/mol. The van der Waals surface area contributed by atoms with Gasteiger partial charge >= 0.3 is 0 Å². The zero-order chi connectivity index (χ0) is 8.55. The maximum absolute atomic E-state index is 4.12. The highest BCUT2D eigenvalue weighted by Crippen LogP contribution is 2.20. The minimum atomic E-state index is 0.625. The molecule has 0 saturated carbocycles. The minimum Gasteiger partial charge on any atom is -0.307 e. The van der Waals surface area contributed by atoms with Crippen molar-refractivity contribution in [1.29, 1.82) is 0 Å². The summed E-state index contributed by atoms with van der Waals surface area (Å²) < 4.78 is 0. The molecule has 0 aromatic rings. The monoisotopic (exact) mass is 167 g/mol. The quantitative estimate of drug-likeness (QED) is 0.621. The average Bonchev–Trinajstić information content (AvgIpc) is 2.49. The van der Waals surface area contributed by atoms with Gasteiger partial charge in [0.25, 0.3) is 0 Å². The number of hydrazone groups is 1. The summed E-state index contributed by atoms with van der Waals surface area (Å²) in [4.78, 5) is 2.53. The number of fused-ring (bicyclic) bond motifs is 1. The fraction of sp³-hybridized carbons (Fsp3) is 0.889. The molecule has 0 spiro atoms. The van der Waals surface area contributed by atoms with E-state index in [1.54, 1.807) is 0 Å². The number of likely N-dealkylation sites (tertiary alicyclic amines) is 1. The molecule has 2 aliphatic heterocycles. The lowest BCUT2D eigenvalue weighted by molar-refractivity contribution is 0.147. The van der Waals surface area contributed by atoms with Crippen LogP contribution in [0.5, 0.6) is 0 Å². The van der Waals surface area contributed by atoms with Crippen LogP contribution in [0.25, 0.3) is 0 Å². The first-order valence-electron chi connectivity index (χ1n) is 4.80. The van der Waals surface area contributed by atoms with E-state index in [0.29, 0.717) is 18.0 Å². The number of nitrogens with one attached hydrogen (secondary N) is 1. The second-order valence-electron chi connectivity index (χ2n) is 4.05. The summed E-state index contributed by atoms with van der Waals surface area (Å²) >= 11 is 0. The van der Waals surface area contributed by atoms with Gasteiger partial charge < -0.3 is 10.3 Å². The van der Waals surface area contributed by atoms with E-state index in [2.05, 4.69) is 35.5 Å². The van der Waals surface area contributed by atoms with Gasteiger partial charge in [0.15, 0.2) is 0 Å². The van der Waals surface area contributed by atoms with E-state index in [4.69, 9.17) is 0 Å². The Morgan fingerprint density at radius 3 is 3.17 bits per heavy atom. The van der Waals surface area contributed by atoms with Gasteiger partial charge in [0, 0.05) is 31.3 Å². The molecule has 0 aromatic carbocycles. The molecular weight excluding hydrogens is 150 g/mol. The summed E-state index contributed by atoms with van der Waals surface area (Å²) in [7, 11) is 0. The first kappa shape index (κ1) is 8.05. The van der Waals surface area contributed by atoms with Gasteiger partial charge in [0.2, 0.25) is 0 Å². The van der Waals surface area contributed by atoms with E-state index in [9.17, 15) is 0 Å². The normalized spacial score (nSPS) is 35.2. The summed E-state index contributed by atoms with van der Waals surface area (Å²) in [6.07, 6.45) is 3.31. The Kier molecular flexibility index (Phi) is 2.05. The molecule has 1 N–H and O–H groups in total. The second-order valence-corrected chi connectivity index (χ2v) is 4.05. The third-order valence-electron chi connectivity index (χ3n) is 2.93. The van der Waals surface area contributed by atoms with Crippen LogP contribution in [0.4, 0.5) is 0 Å². The van der Waals surface area contributed by atoms with Crippen molar-refractivity contribution in [3.63, 3.8) is 0 Å². The topological polar surface area (TPSA) is 27.6 Å². The highest BCUT2D eigenvalue weighted by Gasteiger charge is 2.31.